The third kappa shape index (κ3) is 5.55. The number of piperidine rings is 1. The SMILES string of the molecule is CC1(C)CC(NC(=O)C(=O)N(CCO)CCO)CC(C)(C)N1. The van der Waals surface area contributed by atoms with Gasteiger partial charge in [0.1, 0.15) is 0 Å². The van der Waals surface area contributed by atoms with E-state index < -0.39 is 11.8 Å². The van der Waals surface area contributed by atoms with Gasteiger partial charge >= 0.3 is 11.8 Å². The van der Waals surface area contributed by atoms with Crippen molar-refractivity contribution < 1.29 is 19.8 Å². The Morgan fingerprint density at radius 2 is 1.55 bits per heavy atom. The van der Waals surface area contributed by atoms with Gasteiger partial charge in [0.15, 0.2) is 0 Å². The molecule has 1 saturated heterocycles. The van der Waals surface area contributed by atoms with Gasteiger partial charge in [0.25, 0.3) is 0 Å². The third-order valence-electron chi connectivity index (χ3n) is 3.75. The van der Waals surface area contributed by atoms with E-state index in [-0.39, 0.29) is 43.4 Å². The number of amides is 2. The molecule has 7 nitrogen and oxygen atoms in total. The maximum Gasteiger partial charge on any atom is 0.312 e. The molecule has 4 N–H and O–H groups in total. The number of aliphatic hydroxyl groups excluding tert-OH is 2. The van der Waals surface area contributed by atoms with Gasteiger partial charge in [-0.3, -0.25) is 9.59 Å². The van der Waals surface area contributed by atoms with E-state index in [1.54, 1.807) is 0 Å². The summed E-state index contributed by atoms with van der Waals surface area (Å²) < 4.78 is 0. The first-order chi connectivity index (χ1) is 10.1. The first-order valence-electron chi connectivity index (χ1n) is 7.71. The molecule has 128 valence electrons. The fraction of sp³-hybridized carbons (Fsp3) is 0.867. The molecule has 7 heteroatoms. The Balaban J connectivity index is 2.68. The third-order valence-corrected chi connectivity index (χ3v) is 3.75. The number of hydrogen-bond donors (Lipinski definition) is 4. The van der Waals surface area contributed by atoms with E-state index in [9.17, 15) is 9.59 Å². The molecule has 0 bridgehead atoms. The molecule has 1 aliphatic rings. The second-order valence-corrected chi connectivity index (χ2v) is 7.21. The molecule has 0 atom stereocenters. The van der Waals surface area contributed by atoms with Crippen LogP contribution >= 0.6 is 0 Å². The molecule has 22 heavy (non-hydrogen) atoms. The first-order valence-corrected chi connectivity index (χ1v) is 7.71. The van der Waals surface area contributed by atoms with Gasteiger partial charge in [-0.1, -0.05) is 0 Å². The molecule has 0 unspecified atom stereocenters. The van der Waals surface area contributed by atoms with Crippen LogP contribution in [-0.4, -0.2) is 70.4 Å². The van der Waals surface area contributed by atoms with E-state index in [1.807, 2.05) is 0 Å². The van der Waals surface area contributed by atoms with Crippen molar-refractivity contribution >= 4 is 11.8 Å². The van der Waals surface area contributed by atoms with Crippen molar-refractivity contribution in [1.82, 2.24) is 15.5 Å². The smallest absolute Gasteiger partial charge is 0.312 e. The van der Waals surface area contributed by atoms with Gasteiger partial charge in [0.2, 0.25) is 0 Å². The second-order valence-electron chi connectivity index (χ2n) is 7.21. The Morgan fingerprint density at radius 3 is 1.95 bits per heavy atom. The van der Waals surface area contributed by atoms with Crippen LogP contribution in [0.3, 0.4) is 0 Å². The number of carbonyl (C=O) groups is 2. The summed E-state index contributed by atoms with van der Waals surface area (Å²) in [6.45, 7) is 7.86. The Labute approximate surface area is 132 Å². The molecule has 0 aromatic carbocycles. The standard InChI is InChI=1S/C15H29N3O4/c1-14(2)9-11(10-15(3,4)17-14)16-12(21)13(22)18(5-7-19)6-8-20/h11,17,19-20H,5-10H2,1-4H3,(H,16,21). The molecule has 0 aromatic rings. The molecule has 0 radical (unpaired) electrons. The van der Waals surface area contributed by atoms with Crippen LogP contribution in [0.25, 0.3) is 0 Å². The summed E-state index contributed by atoms with van der Waals surface area (Å²) in [4.78, 5) is 25.4. The van der Waals surface area contributed by atoms with E-state index in [2.05, 4.69) is 38.3 Å². The molecule has 0 spiro atoms. The minimum absolute atomic E-state index is 0.0377. The zero-order chi connectivity index (χ0) is 17.0. The minimum atomic E-state index is -0.711. The maximum absolute atomic E-state index is 12.1. The predicted molar refractivity (Wildman–Crippen MR) is 83.2 cm³/mol. The average Bonchev–Trinajstić information content (AvgIpc) is 2.33. The number of nitrogens with one attached hydrogen (secondary N) is 2. The molecule has 2 amide bonds. The van der Waals surface area contributed by atoms with E-state index >= 15 is 0 Å². The van der Waals surface area contributed by atoms with Gasteiger partial charge in [0.05, 0.1) is 13.2 Å². The van der Waals surface area contributed by atoms with Crippen molar-refractivity contribution in [2.24, 2.45) is 0 Å². The van der Waals surface area contributed by atoms with Gasteiger partial charge < -0.3 is 25.7 Å². The van der Waals surface area contributed by atoms with Crippen LogP contribution in [0.5, 0.6) is 0 Å². The zero-order valence-corrected chi connectivity index (χ0v) is 14.0. The monoisotopic (exact) mass is 315 g/mol. The molecule has 1 fully saturated rings. The summed E-state index contributed by atoms with van der Waals surface area (Å²) in [7, 11) is 0. The van der Waals surface area contributed by atoms with Crippen molar-refractivity contribution in [2.45, 2.75) is 57.7 Å². The Morgan fingerprint density at radius 1 is 1.09 bits per heavy atom. The van der Waals surface area contributed by atoms with Crippen molar-refractivity contribution in [3.05, 3.63) is 0 Å². The number of aliphatic hydroxyl groups is 2. The number of nitrogens with zero attached hydrogens (tertiary/aromatic N) is 1. The molecular weight excluding hydrogens is 286 g/mol. The topological polar surface area (TPSA) is 102 Å². The quantitative estimate of drug-likeness (QED) is 0.499. The summed E-state index contributed by atoms with van der Waals surface area (Å²) in [5, 5.41) is 24.2. The fourth-order valence-corrected chi connectivity index (χ4v) is 3.37. The van der Waals surface area contributed by atoms with E-state index in [0.717, 1.165) is 17.7 Å². The average molecular weight is 315 g/mol. The summed E-state index contributed by atoms with van der Waals surface area (Å²) in [6, 6.07) is -0.0900. The van der Waals surface area contributed by atoms with Crippen LogP contribution in [-0.2, 0) is 9.59 Å². The second kappa shape index (κ2) is 7.39. The predicted octanol–water partition coefficient (Wildman–Crippen LogP) is -0.775. The summed E-state index contributed by atoms with van der Waals surface area (Å²) in [6.07, 6.45) is 1.46. The lowest BCUT2D eigenvalue weighted by molar-refractivity contribution is -0.147. The number of rotatable bonds is 5. The normalized spacial score (nSPS) is 20.5. The van der Waals surface area contributed by atoms with Crippen molar-refractivity contribution in [3.63, 3.8) is 0 Å². The highest BCUT2D eigenvalue weighted by molar-refractivity contribution is 6.35. The number of hydrogen-bond acceptors (Lipinski definition) is 5. The van der Waals surface area contributed by atoms with E-state index in [1.165, 1.54) is 0 Å². The van der Waals surface area contributed by atoms with Crippen LogP contribution in [0.1, 0.15) is 40.5 Å². The van der Waals surface area contributed by atoms with Crippen LogP contribution in [0, 0.1) is 0 Å². The first kappa shape index (κ1) is 18.9. The highest BCUT2D eigenvalue weighted by atomic mass is 16.3. The molecule has 0 saturated carbocycles. The van der Waals surface area contributed by atoms with E-state index in [0.29, 0.717) is 0 Å². The molecule has 1 heterocycles. The largest absolute Gasteiger partial charge is 0.395 e. The fourth-order valence-electron chi connectivity index (χ4n) is 3.37. The Bertz CT molecular complexity index is 388. The van der Waals surface area contributed by atoms with Crippen molar-refractivity contribution in [1.29, 1.82) is 0 Å². The zero-order valence-electron chi connectivity index (χ0n) is 14.0. The molecule has 1 aliphatic heterocycles. The molecule has 1 rings (SSSR count). The van der Waals surface area contributed by atoms with Crippen molar-refractivity contribution in [3.8, 4) is 0 Å². The summed E-state index contributed by atoms with van der Waals surface area (Å²) in [5.74, 6) is -1.39. The summed E-state index contributed by atoms with van der Waals surface area (Å²) >= 11 is 0. The molecular formula is C15H29N3O4. The van der Waals surface area contributed by atoms with Gasteiger partial charge in [-0.15, -0.1) is 0 Å². The van der Waals surface area contributed by atoms with Crippen LogP contribution in [0.4, 0.5) is 0 Å². The van der Waals surface area contributed by atoms with Crippen LogP contribution in [0.2, 0.25) is 0 Å². The lowest BCUT2D eigenvalue weighted by Gasteiger charge is -2.46. The van der Waals surface area contributed by atoms with Gasteiger partial charge in [-0.2, -0.15) is 0 Å². The number of carbonyl (C=O) groups excluding carboxylic acids is 2. The van der Waals surface area contributed by atoms with Crippen LogP contribution in [0.15, 0.2) is 0 Å². The Kier molecular flexibility index (Phi) is 6.34. The van der Waals surface area contributed by atoms with Gasteiger partial charge in [-0.25, -0.2) is 0 Å². The van der Waals surface area contributed by atoms with Crippen LogP contribution < -0.4 is 10.6 Å². The summed E-state index contributed by atoms with van der Waals surface area (Å²) in [5.41, 5.74) is -0.253. The van der Waals surface area contributed by atoms with Crippen molar-refractivity contribution in [2.75, 3.05) is 26.3 Å². The lowest BCUT2D eigenvalue weighted by Crippen LogP contribution is -2.63. The van der Waals surface area contributed by atoms with E-state index in [4.69, 9.17) is 10.2 Å². The highest BCUT2D eigenvalue weighted by Crippen LogP contribution is 2.28. The lowest BCUT2D eigenvalue weighted by atomic mass is 9.79. The molecule has 0 aliphatic carbocycles. The highest BCUT2D eigenvalue weighted by Gasteiger charge is 2.39. The molecule has 0 aromatic heterocycles. The van der Waals surface area contributed by atoms with Gasteiger partial charge in [-0.05, 0) is 40.5 Å². The Hall–Kier alpha value is -1.18. The maximum atomic E-state index is 12.1. The van der Waals surface area contributed by atoms with Gasteiger partial charge in [0, 0.05) is 30.2 Å². The minimum Gasteiger partial charge on any atom is -0.395 e.